The van der Waals surface area contributed by atoms with Crippen LogP contribution in [-0.2, 0) is 0 Å². The summed E-state index contributed by atoms with van der Waals surface area (Å²) in [6.45, 7) is 4.35. The van der Waals surface area contributed by atoms with Gasteiger partial charge in [-0.05, 0) is 45.1 Å². The van der Waals surface area contributed by atoms with Gasteiger partial charge in [-0.3, -0.25) is 0 Å². The van der Waals surface area contributed by atoms with E-state index in [1.54, 1.807) is 24.8 Å². The van der Waals surface area contributed by atoms with Crippen LogP contribution in [0, 0.1) is 5.41 Å². The lowest BCUT2D eigenvalue weighted by Crippen LogP contribution is -2.60. The number of phenols is 1. The van der Waals surface area contributed by atoms with Gasteiger partial charge in [-0.25, -0.2) is 9.97 Å². The van der Waals surface area contributed by atoms with Crippen LogP contribution in [0.1, 0.15) is 12.8 Å². The van der Waals surface area contributed by atoms with Crippen molar-refractivity contribution < 1.29 is 5.11 Å². The Kier molecular flexibility index (Phi) is 5.14. The molecule has 5 rings (SSSR count). The molecular weight excluding hydrogens is 390 g/mol. The third-order valence-corrected chi connectivity index (χ3v) is 5.99. The van der Waals surface area contributed by atoms with Crippen LogP contribution in [0.2, 0.25) is 0 Å². The first kappa shape index (κ1) is 19.6. The standard InChI is InChI=1S/C20H23N7O.ClH/c1-25-7-4-20(5-8-25)12-27(13-20)19-22-11-17(23-24-19)16-3-2-15(10-18(16)28)26-9-6-21-14-26;/h2-3,6,9-11,14,28H,4-5,7-8,12-13H2,1H3;1H. The van der Waals surface area contributed by atoms with Crippen molar-refractivity contribution in [3.05, 3.63) is 43.1 Å². The molecule has 2 aliphatic heterocycles. The first-order valence-corrected chi connectivity index (χ1v) is 9.57. The zero-order chi connectivity index (χ0) is 19.1. The monoisotopic (exact) mass is 413 g/mol. The highest BCUT2D eigenvalue weighted by atomic mass is 35.5. The zero-order valence-electron chi connectivity index (χ0n) is 16.3. The van der Waals surface area contributed by atoms with Crippen molar-refractivity contribution in [1.29, 1.82) is 0 Å². The van der Waals surface area contributed by atoms with Crippen LogP contribution >= 0.6 is 12.4 Å². The number of hydrogen-bond donors (Lipinski definition) is 1. The molecule has 0 radical (unpaired) electrons. The fourth-order valence-corrected chi connectivity index (χ4v) is 4.16. The van der Waals surface area contributed by atoms with Crippen LogP contribution in [0.15, 0.2) is 43.1 Å². The Morgan fingerprint density at radius 3 is 2.52 bits per heavy atom. The number of imidazole rings is 1. The molecule has 2 aromatic heterocycles. The highest BCUT2D eigenvalue weighted by Crippen LogP contribution is 2.41. The van der Waals surface area contributed by atoms with Crippen molar-refractivity contribution in [3.63, 3.8) is 0 Å². The molecule has 2 aliphatic rings. The van der Waals surface area contributed by atoms with E-state index in [2.05, 4.69) is 37.0 Å². The van der Waals surface area contributed by atoms with Crippen LogP contribution in [-0.4, -0.2) is 68.0 Å². The maximum Gasteiger partial charge on any atom is 0.245 e. The molecule has 3 aromatic rings. The number of aromatic hydroxyl groups is 1. The molecule has 1 spiro atoms. The summed E-state index contributed by atoms with van der Waals surface area (Å²) in [5.41, 5.74) is 2.44. The molecule has 152 valence electrons. The normalized spacial score (nSPS) is 18.3. The van der Waals surface area contributed by atoms with E-state index >= 15 is 0 Å². The Morgan fingerprint density at radius 2 is 1.90 bits per heavy atom. The van der Waals surface area contributed by atoms with E-state index in [1.807, 2.05) is 22.9 Å². The Bertz CT molecular complexity index is 961. The maximum atomic E-state index is 10.4. The molecule has 29 heavy (non-hydrogen) atoms. The van der Waals surface area contributed by atoms with E-state index in [4.69, 9.17) is 0 Å². The first-order chi connectivity index (χ1) is 13.6. The number of likely N-dealkylation sites (tertiary alicyclic amines) is 1. The van der Waals surface area contributed by atoms with Crippen molar-refractivity contribution in [2.24, 2.45) is 5.41 Å². The van der Waals surface area contributed by atoms with Gasteiger partial charge in [-0.1, -0.05) is 0 Å². The molecular formula is C20H24ClN7O. The Labute approximate surface area is 175 Å². The molecule has 9 heteroatoms. The van der Waals surface area contributed by atoms with Gasteiger partial charge in [0.05, 0.1) is 18.2 Å². The average molecular weight is 414 g/mol. The molecule has 4 heterocycles. The van der Waals surface area contributed by atoms with Crippen molar-refractivity contribution in [2.75, 3.05) is 38.1 Å². The second kappa shape index (κ2) is 7.61. The molecule has 1 N–H and O–H groups in total. The fourth-order valence-electron chi connectivity index (χ4n) is 4.16. The third kappa shape index (κ3) is 3.65. The summed E-state index contributed by atoms with van der Waals surface area (Å²) in [6, 6.07) is 5.42. The van der Waals surface area contributed by atoms with Gasteiger partial charge in [0.2, 0.25) is 5.95 Å². The third-order valence-electron chi connectivity index (χ3n) is 5.99. The topological polar surface area (TPSA) is 83.2 Å². The van der Waals surface area contributed by atoms with Gasteiger partial charge in [0.25, 0.3) is 0 Å². The van der Waals surface area contributed by atoms with Crippen LogP contribution in [0.3, 0.4) is 0 Å². The zero-order valence-corrected chi connectivity index (χ0v) is 17.1. The van der Waals surface area contributed by atoms with Gasteiger partial charge in [0.1, 0.15) is 11.4 Å². The van der Waals surface area contributed by atoms with Gasteiger partial charge in [0.15, 0.2) is 0 Å². The van der Waals surface area contributed by atoms with E-state index in [-0.39, 0.29) is 18.2 Å². The number of nitrogens with zero attached hydrogens (tertiary/aromatic N) is 7. The number of halogens is 1. The number of piperidine rings is 1. The molecule has 2 fully saturated rings. The molecule has 0 bridgehead atoms. The Morgan fingerprint density at radius 1 is 1.10 bits per heavy atom. The minimum Gasteiger partial charge on any atom is -0.507 e. The van der Waals surface area contributed by atoms with Crippen LogP contribution in [0.4, 0.5) is 5.95 Å². The van der Waals surface area contributed by atoms with E-state index < -0.39 is 0 Å². The van der Waals surface area contributed by atoms with Gasteiger partial charge in [0, 0.05) is 42.5 Å². The summed E-state index contributed by atoms with van der Waals surface area (Å²) in [6.07, 6.45) is 9.38. The largest absolute Gasteiger partial charge is 0.507 e. The number of benzene rings is 1. The Balaban J connectivity index is 0.00000205. The minimum atomic E-state index is 0. The Hall–Kier alpha value is -2.71. The van der Waals surface area contributed by atoms with Crippen molar-refractivity contribution in [2.45, 2.75) is 12.8 Å². The van der Waals surface area contributed by atoms with Crippen molar-refractivity contribution in [3.8, 4) is 22.7 Å². The van der Waals surface area contributed by atoms with Gasteiger partial charge < -0.3 is 19.5 Å². The van der Waals surface area contributed by atoms with E-state index in [1.165, 1.54) is 25.9 Å². The number of anilines is 1. The quantitative estimate of drug-likeness (QED) is 0.705. The molecule has 0 atom stereocenters. The highest BCUT2D eigenvalue weighted by molar-refractivity contribution is 5.85. The second-order valence-electron chi connectivity index (χ2n) is 7.97. The predicted octanol–water partition coefficient (Wildman–Crippen LogP) is 2.38. The second-order valence-corrected chi connectivity index (χ2v) is 7.97. The van der Waals surface area contributed by atoms with Crippen LogP contribution in [0.5, 0.6) is 5.75 Å². The van der Waals surface area contributed by atoms with Crippen molar-refractivity contribution >= 4 is 18.4 Å². The molecule has 2 saturated heterocycles. The summed E-state index contributed by atoms with van der Waals surface area (Å²) in [7, 11) is 2.19. The molecule has 8 nitrogen and oxygen atoms in total. The summed E-state index contributed by atoms with van der Waals surface area (Å²) >= 11 is 0. The van der Waals surface area contributed by atoms with Gasteiger partial charge in [-0.2, -0.15) is 0 Å². The lowest BCUT2D eigenvalue weighted by Gasteiger charge is -2.53. The van der Waals surface area contributed by atoms with Crippen LogP contribution < -0.4 is 4.90 Å². The van der Waals surface area contributed by atoms with E-state index in [9.17, 15) is 5.11 Å². The average Bonchev–Trinajstić information content (AvgIpc) is 3.22. The van der Waals surface area contributed by atoms with Crippen molar-refractivity contribution in [1.82, 2.24) is 29.6 Å². The summed E-state index contributed by atoms with van der Waals surface area (Å²) in [4.78, 5) is 13.1. The molecule has 0 amide bonds. The highest BCUT2D eigenvalue weighted by Gasteiger charge is 2.45. The number of rotatable bonds is 3. The van der Waals surface area contributed by atoms with E-state index in [0.717, 1.165) is 18.8 Å². The number of aromatic nitrogens is 5. The van der Waals surface area contributed by atoms with Gasteiger partial charge in [-0.15, -0.1) is 22.6 Å². The molecule has 1 aromatic carbocycles. The lowest BCUT2D eigenvalue weighted by atomic mass is 9.72. The molecule has 0 aliphatic carbocycles. The maximum absolute atomic E-state index is 10.4. The number of phenolic OH excluding ortho intramolecular Hbond substituents is 1. The summed E-state index contributed by atoms with van der Waals surface area (Å²) in [5.74, 6) is 0.812. The smallest absolute Gasteiger partial charge is 0.245 e. The van der Waals surface area contributed by atoms with Gasteiger partial charge >= 0.3 is 0 Å². The lowest BCUT2D eigenvalue weighted by molar-refractivity contribution is 0.0893. The fraction of sp³-hybridized carbons (Fsp3) is 0.400. The summed E-state index contributed by atoms with van der Waals surface area (Å²) in [5, 5.41) is 19.0. The van der Waals surface area contributed by atoms with Crippen LogP contribution in [0.25, 0.3) is 16.9 Å². The SMILES string of the molecule is CN1CCC2(CC1)CN(c1ncc(-c3ccc(-n4ccnc4)cc3O)nn1)C2.Cl. The minimum absolute atomic E-state index is 0. The molecule has 0 saturated carbocycles. The summed E-state index contributed by atoms with van der Waals surface area (Å²) < 4.78 is 1.83. The molecule has 0 unspecified atom stereocenters. The van der Waals surface area contributed by atoms with E-state index in [0.29, 0.717) is 22.6 Å². The predicted molar refractivity (Wildman–Crippen MR) is 113 cm³/mol. The first-order valence-electron chi connectivity index (χ1n) is 9.57. The number of hydrogen-bond acceptors (Lipinski definition) is 7.